The number of aryl methyl sites for hydroxylation is 3. The van der Waals surface area contributed by atoms with Gasteiger partial charge in [-0.25, -0.2) is 0 Å². The molecule has 3 aromatic carbocycles. The highest BCUT2D eigenvalue weighted by atomic mass is 16.1. The lowest BCUT2D eigenvalue weighted by Gasteiger charge is -2.09. The van der Waals surface area contributed by atoms with Crippen LogP contribution >= 0.6 is 0 Å². The van der Waals surface area contributed by atoms with Gasteiger partial charge in [-0.15, -0.1) is 0 Å². The topological polar surface area (TPSA) is 17.1 Å². The predicted octanol–water partition coefficient (Wildman–Crippen LogP) is 14.0. The van der Waals surface area contributed by atoms with Gasteiger partial charge < -0.3 is 4.79 Å². The van der Waals surface area contributed by atoms with Crippen molar-refractivity contribution in [3.8, 4) is 0 Å². The van der Waals surface area contributed by atoms with Crippen LogP contribution in [0.4, 0.5) is 0 Å². The second-order valence-electron chi connectivity index (χ2n) is 12.5. The second-order valence-corrected chi connectivity index (χ2v) is 12.5. The van der Waals surface area contributed by atoms with Crippen molar-refractivity contribution in [2.24, 2.45) is 5.92 Å². The van der Waals surface area contributed by atoms with Crippen molar-refractivity contribution in [1.29, 1.82) is 0 Å². The maximum atomic E-state index is 9.17. The molecule has 0 spiro atoms. The molecule has 1 nitrogen and oxygen atoms in total. The number of hydrogen-bond acceptors (Lipinski definition) is 1. The Morgan fingerprint density at radius 1 is 0.761 bits per heavy atom. The summed E-state index contributed by atoms with van der Waals surface area (Å²) in [6, 6.07) is 24.7. The average molecular weight is 623 g/mol. The van der Waals surface area contributed by atoms with E-state index in [4.69, 9.17) is 0 Å². The first-order chi connectivity index (χ1) is 21.9. The maximum Gasteiger partial charge on any atom is 0.119 e. The number of carbonyl (C=O) groups excluding carboxylic acids is 1. The van der Waals surface area contributed by atoms with E-state index in [-0.39, 0.29) is 7.43 Å². The summed E-state index contributed by atoms with van der Waals surface area (Å²) in [7, 11) is 0. The van der Waals surface area contributed by atoms with E-state index in [2.05, 4.69) is 114 Å². The molecule has 2 saturated carbocycles. The SMILES string of the molecule is C.CC.CCC/C=C\c1c(C)cccc1C1CC1CCCCCC.CCC=O.Cc1ccc(C(=C2CC2)c2ccc(C)cc2)cc1. The first-order valence-corrected chi connectivity index (χ1v) is 18.0. The van der Waals surface area contributed by atoms with Crippen LogP contribution in [0, 0.1) is 26.7 Å². The van der Waals surface area contributed by atoms with Crippen molar-refractivity contribution in [1.82, 2.24) is 0 Å². The molecule has 0 radical (unpaired) electrons. The van der Waals surface area contributed by atoms with Crippen molar-refractivity contribution in [2.75, 3.05) is 0 Å². The van der Waals surface area contributed by atoms with Crippen LogP contribution in [0.15, 0.2) is 78.4 Å². The smallest absolute Gasteiger partial charge is 0.119 e. The highest BCUT2D eigenvalue weighted by Gasteiger charge is 2.38. The third-order valence-electron chi connectivity index (χ3n) is 8.55. The molecule has 0 aromatic heterocycles. The Hall–Kier alpha value is -3.19. The molecule has 2 atom stereocenters. The number of carbonyl (C=O) groups is 1. The first-order valence-electron chi connectivity index (χ1n) is 18.0. The summed E-state index contributed by atoms with van der Waals surface area (Å²) < 4.78 is 0. The summed E-state index contributed by atoms with van der Waals surface area (Å²) in [5, 5.41) is 0. The van der Waals surface area contributed by atoms with Gasteiger partial charge in [-0.2, -0.15) is 0 Å². The molecular formula is C45H66O. The van der Waals surface area contributed by atoms with E-state index >= 15 is 0 Å². The van der Waals surface area contributed by atoms with Gasteiger partial charge in [0.25, 0.3) is 0 Å². The second kappa shape index (κ2) is 23.2. The molecule has 0 heterocycles. The van der Waals surface area contributed by atoms with Gasteiger partial charge in [0.1, 0.15) is 6.29 Å². The highest BCUT2D eigenvalue weighted by molar-refractivity contribution is 5.84. The van der Waals surface area contributed by atoms with Crippen LogP contribution in [0.25, 0.3) is 11.6 Å². The van der Waals surface area contributed by atoms with E-state index in [9.17, 15) is 4.79 Å². The normalized spacial score (nSPS) is 15.6. The molecular weight excluding hydrogens is 556 g/mol. The predicted molar refractivity (Wildman–Crippen MR) is 207 cm³/mol. The lowest BCUT2D eigenvalue weighted by molar-refractivity contribution is -0.107. The van der Waals surface area contributed by atoms with E-state index in [1.54, 1.807) is 11.1 Å². The number of unbranched alkanes of at least 4 members (excludes halogenated alkanes) is 4. The molecule has 2 aliphatic rings. The van der Waals surface area contributed by atoms with Gasteiger partial charge in [0.15, 0.2) is 0 Å². The molecule has 0 bridgehead atoms. The van der Waals surface area contributed by atoms with Crippen LogP contribution in [-0.4, -0.2) is 6.29 Å². The zero-order valence-electron chi connectivity index (χ0n) is 29.9. The van der Waals surface area contributed by atoms with Crippen molar-refractivity contribution in [3.05, 3.63) is 117 Å². The van der Waals surface area contributed by atoms with Gasteiger partial charge in [-0.05, 0) is 98.1 Å². The van der Waals surface area contributed by atoms with Crippen molar-refractivity contribution in [3.63, 3.8) is 0 Å². The number of hydrogen-bond donors (Lipinski definition) is 0. The van der Waals surface area contributed by atoms with Crippen molar-refractivity contribution >= 4 is 17.9 Å². The molecule has 2 fully saturated rings. The minimum atomic E-state index is 0. The largest absolute Gasteiger partial charge is 0.303 e. The van der Waals surface area contributed by atoms with E-state index in [1.807, 2.05) is 20.8 Å². The molecule has 5 rings (SSSR count). The molecule has 0 saturated heterocycles. The summed E-state index contributed by atoms with van der Waals surface area (Å²) in [6.45, 7) is 16.9. The van der Waals surface area contributed by atoms with E-state index < -0.39 is 0 Å². The summed E-state index contributed by atoms with van der Waals surface area (Å²) >= 11 is 0. The van der Waals surface area contributed by atoms with Gasteiger partial charge >= 0.3 is 0 Å². The molecule has 3 aromatic rings. The molecule has 0 amide bonds. The quantitative estimate of drug-likeness (QED) is 0.145. The van der Waals surface area contributed by atoms with Crippen LogP contribution < -0.4 is 0 Å². The molecule has 0 N–H and O–H groups in total. The molecule has 2 aliphatic carbocycles. The monoisotopic (exact) mass is 623 g/mol. The van der Waals surface area contributed by atoms with Gasteiger partial charge in [0.05, 0.1) is 0 Å². The van der Waals surface area contributed by atoms with Gasteiger partial charge in [0, 0.05) is 6.42 Å². The van der Waals surface area contributed by atoms with E-state index in [0.717, 1.165) is 18.1 Å². The van der Waals surface area contributed by atoms with Crippen LogP contribution in [0.2, 0.25) is 0 Å². The third-order valence-corrected chi connectivity index (χ3v) is 8.55. The minimum Gasteiger partial charge on any atom is -0.303 e. The lowest BCUT2D eigenvalue weighted by Crippen LogP contribution is -1.92. The Kier molecular flexibility index (Phi) is 20.6. The zero-order valence-corrected chi connectivity index (χ0v) is 29.9. The van der Waals surface area contributed by atoms with Crippen LogP contribution in [-0.2, 0) is 4.79 Å². The van der Waals surface area contributed by atoms with Crippen LogP contribution in [0.5, 0.6) is 0 Å². The maximum absolute atomic E-state index is 9.17. The average Bonchev–Trinajstić information content (AvgIpc) is 4.01. The first kappa shape index (κ1) is 40.8. The van der Waals surface area contributed by atoms with E-state index in [1.165, 1.54) is 103 Å². The Morgan fingerprint density at radius 3 is 1.80 bits per heavy atom. The zero-order chi connectivity index (χ0) is 33.0. The highest BCUT2D eigenvalue weighted by Crippen LogP contribution is 2.51. The number of allylic oxidation sites excluding steroid dienone is 2. The van der Waals surface area contributed by atoms with Crippen LogP contribution in [0.1, 0.15) is 158 Å². The third kappa shape index (κ3) is 14.1. The fraction of sp³-hybridized carbons (Fsp3) is 0.489. The van der Waals surface area contributed by atoms with Crippen molar-refractivity contribution < 1.29 is 4.79 Å². The molecule has 46 heavy (non-hydrogen) atoms. The summed E-state index contributed by atoms with van der Waals surface area (Å²) in [6.07, 6.45) is 19.7. The standard InChI is InChI=1S/C21H32.C18H18.C3H6O.C2H6.CH4/c1-4-6-8-10-13-18-16-21(18)20-15-11-12-17(3)19(20)14-9-7-5-2;1-13-3-7-15(8-4-13)18(17-11-12-17)16-9-5-14(2)6-10-16;1-2-3-4;1-2;/h9,11-12,14-15,18,21H,4-8,10,13,16H2,1-3H3;3-10H,11-12H2,1-2H3;3H,2H2,1H3;1-2H3;1H4/b14-9-;;;;. The van der Waals surface area contributed by atoms with Gasteiger partial charge in [-0.1, -0.05) is 170 Å². The molecule has 252 valence electrons. The molecule has 0 aliphatic heterocycles. The fourth-order valence-corrected chi connectivity index (χ4v) is 5.73. The van der Waals surface area contributed by atoms with Gasteiger partial charge in [-0.3, -0.25) is 0 Å². The number of aldehydes is 1. The summed E-state index contributed by atoms with van der Waals surface area (Å²) in [4.78, 5) is 9.17. The molecule has 2 unspecified atom stereocenters. The van der Waals surface area contributed by atoms with E-state index in [0.29, 0.717) is 6.42 Å². The van der Waals surface area contributed by atoms with Crippen LogP contribution in [0.3, 0.4) is 0 Å². The molecule has 1 heteroatoms. The Balaban J connectivity index is 0.000000388. The fourth-order valence-electron chi connectivity index (χ4n) is 5.73. The lowest BCUT2D eigenvalue weighted by atomic mass is 9.95. The minimum absolute atomic E-state index is 0. The summed E-state index contributed by atoms with van der Waals surface area (Å²) in [5.41, 5.74) is 13.0. The number of benzene rings is 3. The Labute approximate surface area is 284 Å². The van der Waals surface area contributed by atoms with Crippen molar-refractivity contribution in [2.45, 2.75) is 139 Å². The summed E-state index contributed by atoms with van der Waals surface area (Å²) in [5.74, 6) is 1.80. The Bertz CT molecular complexity index is 1250. The Morgan fingerprint density at radius 2 is 1.33 bits per heavy atom. The number of rotatable bonds is 12. The van der Waals surface area contributed by atoms with Gasteiger partial charge in [0.2, 0.25) is 0 Å².